The first-order valence-electron chi connectivity index (χ1n) is 8.93. The smallest absolute Gasteiger partial charge is 0.237 e. The first kappa shape index (κ1) is 19.8. The Kier molecular flexibility index (Phi) is 6.27. The van der Waals surface area contributed by atoms with Crippen LogP contribution in [0.1, 0.15) is 17.5 Å². The lowest BCUT2D eigenvalue weighted by molar-refractivity contribution is -0.116. The Morgan fingerprint density at radius 1 is 1.18 bits per heavy atom. The molecule has 0 N–H and O–H groups in total. The lowest BCUT2D eigenvalue weighted by atomic mass is 10.1. The van der Waals surface area contributed by atoms with Gasteiger partial charge in [-0.2, -0.15) is 5.26 Å². The molecule has 1 aromatic heterocycles. The van der Waals surface area contributed by atoms with Crippen molar-refractivity contribution >= 4 is 34.3 Å². The second-order valence-corrected chi connectivity index (χ2v) is 7.44. The van der Waals surface area contributed by atoms with Gasteiger partial charge in [0.2, 0.25) is 5.91 Å². The van der Waals surface area contributed by atoms with Crippen LogP contribution in [0.2, 0.25) is 0 Å². The maximum Gasteiger partial charge on any atom is 0.237 e. The number of para-hydroxylation sites is 2. The second kappa shape index (κ2) is 8.85. The number of aromatic nitrogens is 1. The minimum atomic E-state index is -0.478. The zero-order valence-corrected chi connectivity index (χ0v) is 16.6. The summed E-state index contributed by atoms with van der Waals surface area (Å²) in [4.78, 5) is 18.8. The van der Waals surface area contributed by atoms with Crippen molar-refractivity contribution in [2.24, 2.45) is 0 Å². The summed E-state index contributed by atoms with van der Waals surface area (Å²) in [5.41, 5.74) is 3.30. The van der Waals surface area contributed by atoms with Crippen LogP contribution in [0.25, 0.3) is 10.9 Å². The molecular formula is C22H20FN3OS. The van der Waals surface area contributed by atoms with Gasteiger partial charge in [-0.3, -0.25) is 4.79 Å². The molecule has 1 amide bonds. The summed E-state index contributed by atoms with van der Waals surface area (Å²) in [6.07, 6.45) is 0.136. The molecule has 28 heavy (non-hydrogen) atoms. The highest BCUT2D eigenvalue weighted by Crippen LogP contribution is 2.27. The molecule has 0 saturated carbocycles. The van der Waals surface area contributed by atoms with Crippen molar-refractivity contribution in [3.8, 4) is 6.07 Å². The number of pyridine rings is 1. The number of nitrogens with zero attached hydrogens (tertiary/aromatic N) is 3. The topological polar surface area (TPSA) is 57.0 Å². The Morgan fingerprint density at radius 2 is 1.96 bits per heavy atom. The van der Waals surface area contributed by atoms with Crippen LogP contribution in [0.5, 0.6) is 0 Å². The number of carbonyl (C=O) groups excluding carboxylic acids is 1. The number of carbonyl (C=O) groups is 1. The van der Waals surface area contributed by atoms with Crippen LogP contribution in [-0.2, 0) is 4.79 Å². The van der Waals surface area contributed by atoms with E-state index in [1.807, 2.05) is 44.2 Å². The molecule has 0 aliphatic carbocycles. The lowest BCUT2D eigenvalue weighted by Crippen LogP contribution is -2.34. The average molecular weight is 393 g/mol. The van der Waals surface area contributed by atoms with E-state index in [0.29, 0.717) is 0 Å². The van der Waals surface area contributed by atoms with Gasteiger partial charge in [-0.15, -0.1) is 0 Å². The quantitative estimate of drug-likeness (QED) is 0.551. The third-order valence-electron chi connectivity index (χ3n) is 4.46. The van der Waals surface area contributed by atoms with Gasteiger partial charge in [0.15, 0.2) is 0 Å². The number of benzene rings is 2. The van der Waals surface area contributed by atoms with Crippen molar-refractivity contribution < 1.29 is 9.18 Å². The predicted molar refractivity (Wildman–Crippen MR) is 111 cm³/mol. The molecule has 0 spiro atoms. The number of aryl methyl sites for hydroxylation is 2. The lowest BCUT2D eigenvalue weighted by Gasteiger charge is -2.22. The van der Waals surface area contributed by atoms with E-state index in [-0.39, 0.29) is 30.3 Å². The minimum Gasteiger partial charge on any atom is -0.308 e. The Labute approximate surface area is 168 Å². The first-order valence-corrected chi connectivity index (χ1v) is 9.91. The highest BCUT2D eigenvalue weighted by molar-refractivity contribution is 7.99. The Hall–Kier alpha value is -2.91. The molecule has 0 atom stereocenters. The molecule has 0 bridgehead atoms. The average Bonchev–Trinajstić information content (AvgIpc) is 2.69. The largest absolute Gasteiger partial charge is 0.308 e. The van der Waals surface area contributed by atoms with Crippen molar-refractivity contribution in [2.45, 2.75) is 25.3 Å². The van der Waals surface area contributed by atoms with Gasteiger partial charge in [-0.05, 0) is 43.2 Å². The van der Waals surface area contributed by atoms with Crippen molar-refractivity contribution in [3.63, 3.8) is 0 Å². The van der Waals surface area contributed by atoms with Gasteiger partial charge in [0.25, 0.3) is 0 Å². The number of nitriles is 1. The summed E-state index contributed by atoms with van der Waals surface area (Å²) >= 11 is 1.32. The van der Waals surface area contributed by atoms with Gasteiger partial charge in [0, 0.05) is 11.9 Å². The summed E-state index contributed by atoms with van der Waals surface area (Å²) in [6, 6.07) is 16.1. The number of anilines is 1. The van der Waals surface area contributed by atoms with Crippen LogP contribution in [0.3, 0.4) is 0 Å². The number of fused-ring (bicyclic) bond motifs is 1. The van der Waals surface area contributed by atoms with Crippen LogP contribution in [-0.4, -0.2) is 23.2 Å². The van der Waals surface area contributed by atoms with E-state index in [1.54, 1.807) is 18.2 Å². The fourth-order valence-corrected chi connectivity index (χ4v) is 3.87. The van der Waals surface area contributed by atoms with E-state index in [4.69, 9.17) is 5.26 Å². The van der Waals surface area contributed by atoms with Gasteiger partial charge in [0.1, 0.15) is 5.82 Å². The summed E-state index contributed by atoms with van der Waals surface area (Å²) in [7, 11) is 0. The molecule has 3 rings (SSSR count). The maximum absolute atomic E-state index is 14.2. The first-order chi connectivity index (χ1) is 13.5. The fourth-order valence-electron chi connectivity index (χ4n) is 3.03. The molecule has 4 nitrogen and oxygen atoms in total. The fraction of sp³-hybridized carbons (Fsp3) is 0.227. The van der Waals surface area contributed by atoms with Crippen LogP contribution in [0.15, 0.2) is 53.6 Å². The Morgan fingerprint density at radius 3 is 2.71 bits per heavy atom. The molecule has 0 fully saturated rings. The van der Waals surface area contributed by atoms with Crippen LogP contribution >= 0.6 is 11.8 Å². The van der Waals surface area contributed by atoms with Crippen LogP contribution in [0.4, 0.5) is 10.1 Å². The third-order valence-corrected chi connectivity index (χ3v) is 5.36. The number of hydrogen-bond donors (Lipinski definition) is 0. The van der Waals surface area contributed by atoms with E-state index in [1.165, 1.54) is 22.7 Å². The van der Waals surface area contributed by atoms with Gasteiger partial charge in [-0.25, -0.2) is 9.37 Å². The monoisotopic (exact) mass is 393 g/mol. The molecule has 6 heteroatoms. The van der Waals surface area contributed by atoms with E-state index >= 15 is 0 Å². The highest BCUT2D eigenvalue weighted by atomic mass is 32.2. The molecule has 1 heterocycles. The maximum atomic E-state index is 14.2. The molecule has 3 aromatic rings. The summed E-state index contributed by atoms with van der Waals surface area (Å²) < 4.78 is 14.2. The van der Waals surface area contributed by atoms with Gasteiger partial charge >= 0.3 is 0 Å². The molecule has 0 aliphatic rings. The van der Waals surface area contributed by atoms with E-state index < -0.39 is 5.82 Å². The third kappa shape index (κ3) is 4.32. The minimum absolute atomic E-state index is 0.115. The van der Waals surface area contributed by atoms with Crippen molar-refractivity contribution in [1.82, 2.24) is 4.98 Å². The van der Waals surface area contributed by atoms with E-state index in [0.717, 1.165) is 27.1 Å². The zero-order valence-electron chi connectivity index (χ0n) is 15.8. The summed E-state index contributed by atoms with van der Waals surface area (Å²) in [5, 5.41) is 10.7. The zero-order chi connectivity index (χ0) is 20.1. The van der Waals surface area contributed by atoms with Crippen molar-refractivity contribution in [1.29, 1.82) is 5.26 Å². The molecule has 0 aliphatic heterocycles. The second-order valence-electron chi connectivity index (χ2n) is 6.44. The highest BCUT2D eigenvalue weighted by Gasteiger charge is 2.19. The molecule has 0 radical (unpaired) electrons. The number of thioether (sulfide) groups is 1. The van der Waals surface area contributed by atoms with Crippen LogP contribution < -0.4 is 4.90 Å². The Balaban J connectivity index is 1.81. The molecular weight excluding hydrogens is 373 g/mol. The molecule has 2 aromatic carbocycles. The summed E-state index contributed by atoms with van der Waals surface area (Å²) in [6.45, 7) is 4.18. The van der Waals surface area contributed by atoms with Crippen molar-refractivity contribution in [2.75, 3.05) is 17.2 Å². The molecule has 0 unspecified atom stereocenters. The van der Waals surface area contributed by atoms with E-state index in [9.17, 15) is 9.18 Å². The van der Waals surface area contributed by atoms with Gasteiger partial charge in [-0.1, -0.05) is 42.1 Å². The molecule has 0 saturated heterocycles. The SMILES string of the molecule is Cc1cc(SCC(=O)N(CCC#N)c2ccccc2F)nc2c(C)cccc12. The number of amides is 1. The normalized spacial score (nSPS) is 10.6. The van der Waals surface area contributed by atoms with Gasteiger partial charge in [0.05, 0.1) is 34.5 Å². The summed E-state index contributed by atoms with van der Waals surface area (Å²) in [5.74, 6) is -0.618. The van der Waals surface area contributed by atoms with Crippen LogP contribution in [0, 0.1) is 31.0 Å². The standard InChI is InChI=1S/C22H20FN3OS/c1-15-7-5-8-17-16(2)13-20(25-22(15)17)28-14-21(27)26(12-6-11-24)19-10-4-3-9-18(19)23/h3-5,7-10,13H,6,12,14H2,1-2H3. The van der Waals surface area contributed by atoms with Gasteiger partial charge < -0.3 is 4.90 Å². The predicted octanol–water partition coefficient (Wildman–Crippen LogP) is 5.03. The Bertz CT molecular complexity index is 1060. The molecule has 142 valence electrons. The van der Waals surface area contributed by atoms with E-state index in [2.05, 4.69) is 4.98 Å². The van der Waals surface area contributed by atoms with Crippen molar-refractivity contribution in [3.05, 3.63) is 65.5 Å². The number of rotatable bonds is 6. The number of halogens is 1. The number of hydrogen-bond acceptors (Lipinski definition) is 4.